The molecule has 0 aromatic heterocycles. The van der Waals surface area contributed by atoms with Crippen LogP contribution < -0.4 is 0 Å². The summed E-state index contributed by atoms with van der Waals surface area (Å²) in [7, 11) is -0.333. The molecule has 1 aromatic carbocycles. The van der Waals surface area contributed by atoms with Crippen molar-refractivity contribution in [2.24, 2.45) is 0 Å². The van der Waals surface area contributed by atoms with Crippen LogP contribution in [0.4, 0.5) is 0 Å². The summed E-state index contributed by atoms with van der Waals surface area (Å²) in [5.41, 5.74) is 1.01. The summed E-state index contributed by atoms with van der Waals surface area (Å²) in [5, 5.41) is 8.92. The van der Waals surface area contributed by atoms with Crippen molar-refractivity contribution in [2.45, 2.75) is 26.5 Å². The van der Waals surface area contributed by atoms with Crippen molar-refractivity contribution in [3.63, 3.8) is 0 Å². The van der Waals surface area contributed by atoms with Gasteiger partial charge in [-0.15, -0.1) is 0 Å². The van der Waals surface area contributed by atoms with Gasteiger partial charge in [-0.05, 0) is 5.56 Å². The molecule has 74 valence electrons. The van der Waals surface area contributed by atoms with Gasteiger partial charge in [-0.1, -0.05) is 53.4 Å². The molecule has 1 N–H and O–H groups in total. The van der Waals surface area contributed by atoms with Crippen molar-refractivity contribution in [1.82, 2.24) is 0 Å². The van der Waals surface area contributed by atoms with Crippen LogP contribution in [-0.2, 0) is 11.3 Å². The molecule has 0 aliphatic carbocycles. The van der Waals surface area contributed by atoms with E-state index >= 15 is 0 Å². The molecule has 3 heteroatoms. The Balaban J connectivity index is 0.000000791. The Morgan fingerprint density at radius 2 is 2.08 bits per heavy atom. The lowest BCUT2D eigenvalue weighted by Gasteiger charge is -2.05. The van der Waals surface area contributed by atoms with Crippen LogP contribution in [-0.4, -0.2) is 12.4 Å². The van der Waals surface area contributed by atoms with E-state index in [1.807, 2.05) is 44.2 Å². The van der Waals surface area contributed by atoms with E-state index in [0.717, 1.165) is 5.56 Å². The molecule has 0 fully saturated rings. The molecule has 2 atom stereocenters. The number of ether oxygens (including phenoxy) is 1. The van der Waals surface area contributed by atoms with E-state index in [9.17, 15) is 0 Å². The van der Waals surface area contributed by atoms with Gasteiger partial charge in [0.25, 0.3) is 0 Å². The molecule has 0 aliphatic heterocycles. The summed E-state index contributed by atoms with van der Waals surface area (Å²) >= 11 is 0. The first-order valence-corrected chi connectivity index (χ1v) is 4.91. The minimum Gasteiger partial charge on any atom is -0.365 e. The standard InChI is InChI=1S/C8H11O2P.C2H6/c9-8(11)10-6-7-4-2-1-3-5-7;1-2/h1-5,8-9H,6,11H2;1-2H3/i11D;. The molecule has 0 bridgehead atoms. The van der Waals surface area contributed by atoms with E-state index in [0.29, 0.717) is 6.61 Å². The van der Waals surface area contributed by atoms with Crippen molar-refractivity contribution in [3.8, 4) is 0 Å². The minimum absolute atomic E-state index is 0.333. The number of rotatable bonds is 4. The highest BCUT2D eigenvalue weighted by atomic mass is 31.0. The van der Waals surface area contributed by atoms with Crippen LogP contribution in [0.5, 0.6) is 0 Å². The molecule has 0 amide bonds. The first-order valence-electron chi connectivity index (χ1n) is 4.84. The van der Waals surface area contributed by atoms with Gasteiger partial charge in [0.1, 0.15) is 0 Å². The summed E-state index contributed by atoms with van der Waals surface area (Å²) in [6.07, 6.45) is 0. The van der Waals surface area contributed by atoms with Crippen LogP contribution in [0.2, 0.25) is 0 Å². The second-order valence-corrected chi connectivity index (χ2v) is 2.64. The van der Waals surface area contributed by atoms with Gasteiger partial charge in [-0.2, -0.15) is 0 Å². The molecule has 2 nitrogen and oxygen atoms in total. The van der Waals surface area contributed by atoms with Gasteiger partial charge in [-0.25, -0.2) is 0 Å². The predicted molar refractivity (Wildman–Crippen MR) is 58.3 cm³/mol. The molecule has 0 spiro atoms. The van der Waals surface area contributed by atoms with E-state index in [2.05, 4.69) is 0 Å². The van der Waals surface area contributed by atoms with Crippen LogP contribution in [0.3, 0.4) is 0 Å². The second-order valence-electron chi connectivity index (χ2n) is 2.15. The van der Waals surface area contributed by atoms with Gasteiger partial charge >= 0.3 is 0 Å². The minimum atomic E-state index is -0.940. The van der Waals surface area contributed by atoms with Gasteiger partial charge in [-0.3, -0.25) is 0 Å². The van der Waals surface area contributed by atoms with Crippen LogP contribution >= 0.6 is 9.18 Å². The Labute approximate surface area is 83.4 Å². The zero-order chi connectivity index (χ0) is 10.8. The van der Waals surface area contributed by atoms with E-state index < -0.39 is 6.03 Å². The number of benzene rings is 1. The maximum Gasteiger partial charge on any atom is 0.167 e. The van der Waals surface area contributed by atoms with Crippen LogP contribution in [0, 0.1) is 0 Å². The first-order chi connectivity index (χ1) is 6.83. The fourth-order valence-electron chi connectivity index (χ4n) is 0.749. The Kier molecular flexibility index (Phi) is 6.70. The SMILES string of the molecule is CC.[2H]PC(O)OCc1ccccc1. The van der Waals surface area contributed by atoms with E-state index in [4.69, 9.17) is 11.1 Å². The molecule has 2 unspecified atom stereocenters. The highest BCUT2D eigenvalue weighted by Crippen LogP contribution is 2.04. The number of hydrogen-bond donors (Lipinski definition) is 1. The summed E-state index contributed by atoms with van der Waals surface area (Å²) in [6.45, 7) is 4.37. The van der Waals surface area contributed by atoms with Gasteiger partial charge in [0, 0.05) is 0 Å². The summed E-state index contributed by atoms with van der Waals surface area (Å²) in [4.78, 5) is 0. The topological polar surface area (TPSA) is 29.5 Å². The molecule has 1 rings (SSSR count). The quantitative estimate of drug-likeness (QED) is 0.598. The highest BCUT2D eigenvalue weighted by Gasteiger charge is 1.94. The Hall–Kier alpha value is -0.430. The van der Waals surface area contributed by atoms with E-state index in [1.165, 1.54) is 0 Å². The maximum atomic E-state index is 8.92. The lowest BCUT2D eigenvalue weighted by Crippen LogP contribution is -2.01. The van der Waals surface area contributed by atoms with Crippen molar-refractivity contribution < 1.29 is 9.84 Å². The van der Waals surface area contributed by atoms with Crippen LogP contribution in [0.1, 0.15) is 19.4 Å². The first kappa shape index (κ1) is 10.6. The zero-order valence-corrected chi connectivity index (χ0v) is 9.03. The van der Waals surface area contributed by atoms with Crippen molar-refractivity contribution in [2.75, 3.05) is 0 Å². The third kappa shape index (κ3) is 6.71. The highest BCUT2D eigenvalue weighted by molar-refractivity contribution is 7.16. The van der Waals surface area contributed by atoms with Gasteiger partial charge in [0.05, 0.1) is 7.89 Å². The fourth-order valence-corrected chi connectivity index (χ4v) is 0.833. The molecular weight excluding hydrogens is 183 g/mol. The smallest absolute Gasteiger partial charge is 0.167 e. The third-order valence-corrected chi connectivity index (χ3v) is 1.42. The van der Waals surface area contributed by atoms with E-state index in [-0.39, 0.29) is 9.18 Å². The summed E-state index contributed by atoms with van der Waals surface area (Å²) < 4.78 is 11.8. The van der Waals surface area contributed by atoms with Gasteiger partial charge in [0.2, 0.25) is 0 Å². The van der Waals surface area contributed by atoms with Crippen molar-refractivity contribution in [3.05, 3.63) is 35.9 Å². The molecule has 13 heavy (non-hydrogen) atoms. The monoisotopic (exact) mass is 201 g/mol. The largest absolute Gasteiger partial charge is 0.365 e. The lowest BCUT2D eigenvalue weighted by atomic mass is 10.2. The second kappa shape index (κ2) is 8.18. The Bertz CT molecular complexity index is 219. The average molecular weight is 201 g/mol. The molecule has 1 aromatic rings. The van der Waals surface area contributed by atoms with Gasteiger partial charge < -0.3 is 9.84 Å². The Morgan fingerprint density at radius 1 is 1.46 bits per heavy atom. The predicted octanol–water partition coefficient (Wildman–Crippen LogP) is 2.38. The molecular formula is C10H17O2P. The zero-order valence-electron chi connectivity index (χ0n) is 9.03. The number of hydrogen-bond acceptors (Lipinski definition) is 2. The van der Waals surface area contributed by atoms with E-state index in [1.54, 1.807) is 0 Å². The number of aliphatic hydroxyl groups excluding tert-OH is 1. The fraction of sp³-hybridized carbons (Fsp3) is 0.400. The summed E-state index contributed by atoms with van der Waals surface area (Å²) in [6, 6.07) is 8.64. The van der Waals surface area contributed by atoms with Gasteiger partial charge in [0.15, 0.2) is 6.03 Å². The average Bonchev–Trinajstić information content (AvgIpc) is 2.30. The Morgan fingerprint density at radius 3 is 2.62 bits per heavy atom. The van der Waals surface area contributed by atoms with Crippen LogP contribution in [0.15, 0.2) is 30.3 Å². The number of aliphatic hydroxyl groups is 1. The van der Waals surface area contributed by atoms with Crippen molar-refractivity contribution in [1.29, 1.82) is 1.28 Å². The molecule has 0 heterocycles. The molecule has 0 aliphatic rings. The summed E-state index contributed by atoms with van der Waals surface area (Å²) in [5.74, 6) is 0. The third-order valence-electron chi connectivity index (χ3n) is 1.25. The maximum absolute atomic E-state index is 8.92. The molecule has 0 saturated heterocycles. The van der Waals surface area contributed by atoms with Crippen LogP contribution in [0.25, 0.3) is 0 Å². The van der Waals surface area contributed by atoms with Crippen molar-refractivity contribution >= 4 is 9.18 Å². The molecule has 0 radical (unpaired) electrons. The lowest BCUT2D eigenvalue weighted by molar-refractivity contribution is -0.0427. The normalized spacial score (nSPS) is 13.3. The molecule has 0 saturated carbocycles.